The first-order valence-electron chi connectivity index (χ1n) is 10.5. The first kappa shape index (κ1) is 24.1. The van der Waals surface area contributed by atoms with E-state index in [1.807, 2.05) is 21.0 Å². The summed E-state index contributed by atoms with van der Waals surface area (Å²) >= 11 is 1.42. The molecule has 0 spiro atoms. The summed E-state index contributed by atoms with van der Waals surface area (Å²) in [5.41, 5.74) is 1.29. The van der Waals surface area contributed by atoms with Crippen molar-refractivity contribution in [3.63, 3.8) is 0 Å². The van der Waals surface area contributed by atoms with Gasteiger partial charge in [0.25, 0.3) is 0 Å². The minimum atomic E-state index is -0.339. The summed E-state index contributed by atoms with van der Waals surface area (Å²) in [4.78, 5) is 26.3. The summed E-state index contributed by atoms with van der Waals surface area (Å²) in [5.74, 6) is 0.842. The Morgan fingerprint density at radius 2 is 1.83 bits per heavy atom. The van der Waals surface area contributed by atoms with E-state index in [2.05, 4.69) is 38.8 Å². The van der Waals surface area contributed by atoms with Gasteiger partial charge in [0.1, 0.15) is 0 Å². The van der Waals surface area contributed by atoms with E-state index in [0.717, 1.165) is 36.8 Å². The van der Waals surface area contributed by atoms with Gasteiger partial charge in [0.05, 0.1) is 11.3 Å². The number of unbranched alkanes of at least 4 members (excludes halogenated alkanes) is 1. The number of ketones is 1. The van der Waals surface area contributed by atoms with Crippen LogP contribution >= 0.6 is 11.8 Å². The lowest BCUT2D eigenvalue weighted by atomic mass is 10.1. The molecule has 2 aromatic rings. The SMILES string of the molecule is CCCCn1c(S[C@@H](C)C(=O)Nc2ccc(C(C)=O)cc2)nnc1[C@H](CC)N(C)C. The number of anilines is 1. The largest absolute Gasteiger partial charge is 0.325 e. The quantitative estimate of drug-likeness (QED) is 0.419. The van der Waals surface area contributed by atoms with E-state index in [4.69, 9.17) is 0 Å². The van der Waals surface area contributed by atoms with Crippen molar-refractivity contribution >= 4 is 29.1 Å². The van der Waals surface area contributed by atoms with Crippen LogP contribution in [0.2, 0.25) is 0 Å². The Morgan fingerprint density at radius 3 is 2.37 bits per heavy atom. The van der Waals surface area contributed by atoms with E-state index in [0.29, 0.717) is 11.3 Å². The molecule has 0 bridgehead atoms. The van der Waals surface area contributed by atoms with Crippen LogP contribution in [-0.2, 0) is 11.3 Å². The number of nitrogens with one attached hydrogen (secondary N) is 1. The van der Waals surface area contributed by atoms with Gasteiger partial charge in [-0.25, -0.2) is 0 Å². The molecular formula is C22H33N5O2S. The maximum absolute atomic E-state index is 12.7. The van der Waals surface area contributed by atoms with Crippen molar-refractivity contribution < 1.29 is 9.59 Å². The van der Waals surface area contributed by atoms with Crippen LogP contribution < -0.4 is 5.32 Å². The Morgan fingerprint density at radius 1 is 1.17 bits per heavy atom. The molecule has 1 aromatic heterocycles. The summed E-state index contributed by atoms with van der Waals surface area (Å²) in [6, 6.07) is 7.12. The number of nitrogens with zero attached hydrogens (tertiary/aromatic N) is 4. The Balaban J connectivity index is 2.14. The lowest BCUT2D eigenvalue weighted by Gasteiger charge is -2.23. The average Bonchev–Trinajstić information content (AvgIpc) is 3.09. The van der Waals surface area contributed by atoms with Gasteiger partial charge in [0.2, 0.25) is 5.91 Å². The normalized spacial score (nSPS) is 13.3. The smallest absolute Gasteiger partial charge is 0.237 e. The van der Waals surface area contributed by atoms with Crippen LogP contribution in [0.15, 0.2) is 29.4 Å². The van der Waals surface area contributed by atoms with Crippen molar-refractivity contribution in [2.24, 2.45) is 0 Å². The van der Waals surface area contributed by atoms with Crippen LogP contribution in [0.25, 0.3) is 0 Å². The van der Waals surface area contributed by atoms with Crippen molar-refractivity contribution in [3.05, 3.63) is 35.7 Å². The second-order valence-electron chi connectivity index (χ2n) is 7.62. The first-order chi connectivity index (χ1) is 14.3. The van der Waals surface area contributed by atoms with Crippen LogP contribution in [0.5, 0.6) is 0 Å². The van der Waals surface area contributed by atoms with E-state index in [1.54, 1.807) is 24.3 Å². The fourth-order valence-corrected chi connectivity index (χ4v) is 4.06. The second-order valence-corrected chi connectivity index (χ2v) is 8.92. The molecule has 1 amide bonds. The number of carbonyl (C=O) groups excluding carboxylic acids is 2. The van der Waals surface area contributed by atoms with Crippen LogP contribution in [0.4, 0.5) is 5.69 Å². The number of benzene rings is 1. The van der Waals surface area contributed by atoms with Gasteiger partial charge in [-0.2, -0.15) is 0 Å². The summed E-state index contributed by atoms with van der Waals surface area (Å²) in [5, 5.41) is 12.2. The topological polar surface area (TPSA) is 80.1 Å². The number of Topliss-reactive ketones (excluding diaryl/α,β-unsaturated/α-hetero) is 1. The number of carbonyl (C=O) groups is 2. The number of aromatic nitrogens is 3. The Kier molecular flexibility index (Phi) is 9.05. The average molecular weight is 432 g/mol. The monoisotopic (exact) mass is 431 g/mol. The maximum Gasteiger partial charge on any atom is 0.237 e. The molecule has 0 aliphatic heterocycles. The second kappa shape index (κ2) is 11.3. The molecular weight excluding hydrogens is 398 g/mol. The molecule has 0 aliphatic carbocycles. The van der Waals surface area contributed by atoms with E-state index in [9.17, 15) is 9.59 Å². The van der Waals surface area contributed by atoms with Gasteiger partial charge in [0, 0.05) is 17.8 Å². The third-order valence-electron chi connectivity index (χ3n) is 5.00. The van der Waals surface area contributed by atoms with Gasteiger partial charge < -0.3 is 9.88 Å². The van der Waals surface area contributed by atoms with Crippen LogP contribution in [0.3, 0.4) is 0 Å². The van der Waals surface area contributed by atoms with E-state index in [-0.39, 0.29) is 23.0 Å². The molecule has 0 radical (unpaired) electrons. The zero-order chi connectivity index (χ0) is 22.3. The lowest BCUT2D eigenvalue weighted by molar-refractivity contribution is -0.115. The standard InChI is InChI=1S/C22H33N5O2S/c1-7-9-14-27-20(19(8-2)26(5)6)24-25-22(27)30-16(4)21(29)23-18-12-10-17(11-13-18)15(3)28/h10-13,16,19H,7-9,14H2,1-6H3,(H,23,29)/t16-,19-/m0/s1. The highest BCUT2D eigenvalue weighted by Gasteiger charge is 2.24. The predicted octanol–water partition coefficient (Wildman–Crippen LogP) is 4.41. The third-order valence-corrected chi connectivity index (χ3v) is 6.08. The molecule has 0 aliphatic rings. The van der Waals surface area contributed by atoms with Crippen LogP contribution in [-0.4, -0.2) is 50.7 Å². The van der Waals surface area contributed by atoms with Crippen molar-refractivity contribution in [2.45, 2.75) is 70.0 Å². The molecule has 0 fully saturated rings. The minimum absolute atomic E-state index is 0.00197. The van der Waals surface area contributed by atoms with E-state index < -0.39 is 0 Å². The Labute approximate surface area is 183 Å². The zero-order valence-corrected chi connectivity index (χ0v) is 19.6. The van der Waals surface area contributed by atoms with Crippen molar-refractivity contribution in [1.29, 1.82) is 0 Å². The fourth-order valence-electron chi connectivity index (χ4n) is 3.18. The summed E-state index contributed by atoms with van der Waals surface area (Å²) < 4.78 is 2.16. The first-order valence-corrected chi connectivity index (χ1v) is 11.3. The summed E-state index contributed by atoms with van der Waals surface area (Å²) in [7, 11) is 4.10. The highest BCUT2D eigenvalue weighted by atomic mass is 32.2. The highest BCUT2D eigenvalue weighted by molar-refractivity contribution is 8.00. The van der Waals surface area contributed by atoms with Crippen molar-refractivity contribution in [2.75, 3.05) is 19.4 Å². The van der Waals surface area contributed by atoms with E-state index >= 15 is 0 Å². The minimum Gasteiger partial charge on any atom is -0.325 e. The number of hydrogen-bond acceptors (Lipinski definition) is 6. The number of amides is 1. The molecule has 30 heavy (non-hydrogen) atoms. The molecule has 1 N–H and O–H groups in total. The zero-order valence-electron chi connectivity index (χ0n) is 18.8. The molecule has 164 valence electrons. The molecule has 2 atom stereocenters. The van der Waals surface area contributed by atoms with Gasteiger partial charge in [-0.1, -0.05) is 32.0 Å². The molecule has 0 saturated heterocycles. The van der Waals surface area contributed by atoms with Crippen LogP contribution in [0, 0.1) is 0 Å². The van der Waals surface area contributed by atoms with Gasteiger partial charge in [-0.05, 0) is 65.0 Å². The predicted molar refractivity (Wildman–Crippen MR) is 122 cm³/mol. The van der Waals surface area contributed by atoms with Gasteiger partial charge >= 0.3 is 0 Å². The molecule has 7 nitrogen and oxygen atoms in total. The van der Waals surface area contributed by atoms with Crippen molar-refractivity contribution in [3.8, 4) is 0 Å². The van der Waals surface area contributed by atoms with Gasteiger partial charge in [0.15, 0.2) is 16.8 Å². The van der Waals surface area contributed by atoms with E-state index in [1.165, 1.54) is 18.7 Å². The van der Waals surface area contributed by atoms with Gasteiger partial charge in [-0.3, -0.25) is 14.5 Å². The molecule has 0 unspecified atom stereocenters. The van der Waals surface area contributed by atoms with Crippen LogP contribution in [0.1, 0.15) is 69.2 Å². The molecule has 2 rings (SSSR count). The van der Waals surface area contributed by atoms with Crippen molar-refractivity contribution in [1.82, 2.24) is 19.7 Å². The number of thioether (sulfide) groups is 1. The summed E-state index contributed by atoms with van der Waals surface area (Å²) in [6.45, 7) is 8.53. The molecule has 1 aromatic carbocycles. The molecule has 1 heterocycles. The third kappa shape index (κ3) is 6.15. The fraction of sp³-hybridized carbons (Fsp3) is 0.545. The maximum atomic E-state index is 12.7. The number of rotatable bonds is 11. The lowest BCUT2D eigenvalue weighted by Crippen LogP contribution is -2.24. The summed E-state index contributed by atoms with van der Waals surface area (Å²) in [6.07, 6.45) is 3.05. The Hall–Kier alpha value is -2.19. The highest BCUT2D eigenvalue weighted by Crippen LogP contribution is 2.28. The van der Waals surface area contributed by atoms with Gasteiger partial charge in [-0.15, -0.1) is 10.2 Å². The molecule has 8 heteroatoms. The Bertz CT molecular complexity index is 848. The molecule has 0 saturated carbocycles. The number of hydrogen-bond donors (Lipinski definition) is 1.